The number of hydrogen-bond donors (Lipinski definition) is 3. The third-order valence-corrected chi connectivity index (χ3v) is 4.39. The van der Waals surface area contributed by atoms with Crippen molar-refractivity contribution in [2.45, 2.75) is 25.9 Å². The molecule has 0 aliphatic heterocycles. The van der Waals surface area contributed by atoms with Crippen molar-refractivity contribution in [2.75, 3.05) is 32.6 Å². The van der Waals surface area contributed by atoms with Crippen LogP contribution in [0.2, 0.25) is 0 Å². The van der Waals surface area contributed by atoms with Crippen LogP contribution in [0.1, 0.15) is 25.3 Å². The van der Waals surface area contributed by atoms with E-state index >= 15 is 0 Å². The van der Waals surface area contributed by atoms with Crippen molar-refractivity contribution < 1.29 is 9.84 Å². The lowest BCUT2D eigenvalue weighted by Crippen LogP contribution is -2.29. The van der Waals surface area contributed by atoms with E-state index in [0.717, 1.165) is 28.3 Å². The fourth-order valence-corrected chi connectivity index (χ4v) is 2.95. The molecule has 0 amide bonds. The van der Waals surface area contributed by atoms with Gasteiger partial charge in [0.05, 0.1) is 11.9 Å². The first kappa shape index (κ1) is 19.1. The second-order valence-electron chi connectivity index (χ2n) is 6.82. The highest BCUT2D eigenvalue weighted by Crippen LogP contribution is 2.28. The molecular weight excluding hydrogens is 342 g/mol. The summed E-state index contributed by atoms with van der Waals surface area (Å²) in [6.45, 7) is 4.99. The van der Waals surface area contributed by atoms with Crippen molar-refractivity contribution in [3.8, 4) is 17.0 Å². The van der Waals surface area contributed by atoms with Gasteiger partial charge in [-0.1, -0.05) is 26.0 Å². The minimum absolute atomic E-state index is 0.235. The molecule has 0 aliphatic carbocycles. The molecule has 27 heavy (non-hydrogen) atoms. The summed E-state index contributed by atoms with van der Waals surface area (Å²) in [5, 5.41) is 20.4. The first-order valence-electron chi connectivity index (χ1n) is 9.15. The van der Waals surface area contributed by atoms with Gasteiger partial charge < -0.3 is 20.5 Å². The first-order chi connectivity index (χ1) is 13.0. The molecule has 0 saturated carbocycles. The van der Waals surface area contributed by atoms with Gasteiger partial charge in [-0.15, -0.1) is 0 Å². The van der Waals surface area contributed by atoms with Crippen LogP contribution in [0.4, 0.5) is 5.82 Å². The molecule has 1 unspecified atom stereocenters. The number of anilines is 1. The van der Waals surface area contributed by atoms with Crippen LogP contribution in [0, 0.1) is 0 Å². The second kappa shape index (κ2) is 8.37. The summed E-state index contributed by atoms with van der Waals surface area (Å²) >= 11 is 0. The lowest BCUT2D eigenvalue weighted by Gasteiger charge is -2.13. The summed E-state index contributed by atoms with van der Waals surface area (Å²) in [4.78, 5) is 4.85. The Balaban J connectivity index is 1.95. The summed E-state index contributed by atoms with van der Waals surface area (Å²) < 4.78 is 7.55. The zero-order chi connectivity index (χ0) is 19.4. The number of likely N-dealkylation sites (N-methyl/N-ethyl adjacent to an activating group) is 1. The Morgan fingerprint density at radius 1 is 1.22 bits per heavy atom. The SMILES string of the molecule is CNCC(O)COc1cccc(-c2cc(NC)n3ncc(C(C)C)c3n2)c1. The number of nitrogens with one attached hydrogen (secondary N) is 2. The molecule has 0 aliphatic rings. The van der Waals surface area contributed by atoms with E-state index in [-0.39, 0.29) is 6.61 Å². The van der Waals surface area contributed by atoms with Crippen molar-refractivity contribution in [3.05, 3.63) is 42.1 Å². The quantitative estimate of drug-likeness (QED) is 0.566. The molecule has 0 radical (unpaired) electrons. The van der Waals surface area contributed by atoms with Crippen molar-refractivity contribution in [2.24, 2.45) is 0 Å². The number of nitrogens with zero attached hydrogens (tertiary/aromatic N) is 3. The van der Waals surface area contributed by atoms with Crippen molar-refractivity contribution in [1.29, 1.82) is 0 Å². The highest BCUT2D eigenvalue weighted by Gasteiger charge is 2.14. The minimum atomic E-state index is -0.551. The summed E-state index contributed by atoms with van der Waals surface area (Å²) in [6.07, 6.45) is 1.32. The summed E-state index contributed by atoms with van der Waals surface area (Å²) in [5.41, 5.74) is 3.75. The number of benzene rings is 1. The number of aliphatic hydroxyl groups excluding tert-OH is 1. The van der Waals surface area contributed by atoms with Crippen LogP contribution >= 0.6 is 0 Å². The maximum absolute atomic E-state index is 9.82. The maximum Gasteiger partial charge on any atom is 0.161 e. The smallest absolute Gasteiger partial charge is 0.161 e. The molecule has 1 atom stereocenters. The molecular formula is C20H27N5O2. The Bertz CT molecular complexity index is 907. The van der Waals surface area contributed by atoms with Gasteiger partial charge in [-0.25, -0.2) is 4.98 Å². The fraction of sp³-hybridized carbons (Fsp3) is 0.400. The molecule has 0 fully saturated rings. The second-order valence-corrected chi connectivity index (χ2v) is 6.82. The van der Waals surface area contributed by atoms with Crippen LogP contribution in [0.25, 0.3) is 16.9 Å². The average molecular weight is 369 g/mol. The molecule has 1 aromatic carbocycles. The predicted octanol–water partition coefficient (Wildman–Crippen LogP) is 2.52. The van der Waals surface area contributed by atoms with E-state index in [1.165, 1.54) is 0 Å². The molecule has 0 spiro atoms. The molecule has 7 nitrogen and oxygen atoms in total. The monoisotopic (exact) mass is 369 g/mol. The van der Waals surface area contributed by atoms with E-state index in [0.29, 0.717) is 18.2 Å². The predicted molar refractivity (Wildman–Crippen MR) is 107 cm³/mol. The Hall–Kier alpha value is -2.64. The van der Waals surface area contributed by atoms with E-state index in [1.807, 2.05) is 48.1 Å². The first-order valence-corrected chi connectivity index (χ1v) is 9.15. The third-order valence-electron chi connectivity index (χ3n) is 4.39. The highest BCUT2D eigenvalue weighted by molar-refractivity contribution is 5.69. The van der Waals surface area contributed by atoms with E-state index in [4.69, 9.17) is 9.72 Å². The van der Waals surface area contributed by atoms with E-state index in [1.54, 1.807) is 7.05 Å². The summed E-state index contributed by atoms with van der Waals surface area (Å²) in [5.74, 6) is 1.91. The average Bonchev–Trinajstić information content (AvgIpc) is 3.10. The summed E-state index contributed by atoms with van der Waals surface area (Å²) in [6, 6.07) is 9.72. The topological polar surface area (TPSA) is 83.7 Å². The van der Waals surface area contributed by atoms with Gasteiger partial charge in [0.25, 0.3) is 0 Å². The standard InChI is InChI=1S/C20H27N5O2/c1-13(2)17-11-23-25-19(22-4)9-18(24-20(17)25)14-6-5-7-16(8-14)27-12-15(26)10-21-3/h5-9,11,13,15,21-22,26H,10,12H2,1-4H3. The third kappa shape index (κ3) is 4.20. The Morgan fingerprint density at radius 3 is 2.74 bits per heavy atom. The largest absolute Gasteiger partial charge is 0.491 e. The Labute approximate surface area is 159 Å². The number of aromatic nitrogens is 3. The molecule has 2 aromatic heterocycles. The van der Waals surface area contributed by atoms with Crippen LogP contribution in [-0.4, -0.2) is 53.1 Å². The van der Waals surface area contributed by atoms with E-state index in [9.17, 15) is 5.11 Å². The molecule has 0 bridgehead atoms. The van der Waals surface area contributed by atoms with Crippen LogP contribution in [0.15, 0.2) is 36.5 Å². The van der Waals surface area contributed by atoms with Gasteiger partial charge in [0.15, 0.2) is 5.65 Å². The zero-order valence-electron chi connectivity index (χ0n) is 16.2. The van der Waals surface area contributed by atoms with Gasteiger partial charge in [-0.2, -0.15) is 9.61 Å². The van der Waals surface area contributed by atoms with Crippen LogP contribution in [0.5, 0.6) is 5.75 Å². The molecule has 3 rings (SSSR count). The zero-order valence-corrected chi connectivity index (χ0v) is 16.2. The number of fused-ring (bicyclic) bond motifs is 1. The normalized spacial score (nSPS) is 12.5. The van der Waals surface area contributed by atoms with Crippen LogP contribution < -0.4 is 15.4 Å². The van der Waals surface area contributed by atoms with E-state index < -0.39 is 6.10 Å². The van der Waals surface area contributed by atoms with Gasteiger partial charge in [-0.05, 0) is 25.1 Å². The number of hydrogen-bond acceptors (Lipinski definition) is 6. The number of rotatable bonds is 8. The van der Waals surface area contributed by atoms with Gasteiger partial charge in [0, 0.05) is 30.8 Å². The number of aliphatic hydroxyl groups is 1. The van der Waals surface area contributed by atoms with E-state index in [2.05, 4.69) is 29.6 Å². The van der Waals surface area contributed by atoms with Crippen molar-refractivity contribution in [1.82, 2.24) is 19.9 Å². The fourth-order valence-electron chi connectivity index (χ4n) is 2.95. The molecule has 144 valence electrons. The lowest BCUT2D eigenvalue weighted by molar-refractivity contribution is 0.108. The van der Waals surface area contributed by atoms with Crippen LogP contribution in [0.3, 0.4) is 0 Å². The Morgan fingerprint density at radius 2 is 2.04 bits per heavy atom. The van der Waals surface area contributed by atoms with Crippen LogP contribution in [-0.2, 0) is 0 Å². The lowest BCUT2D eigenvalue weighted by atomic mass is 10.1. The van der Waals surface area contributed by atoms with Crippen molar-refractivity contribution >= 4 is 11.5 Å². The van der Waals surface area contributed by atoms with Gasteiger partial charge in [0.1, 0.15) is 24.3 Å². The van der Waals surface area contributed by atoms with Crippen molar-refractivity contribution in [3.63, 3.8) is 0 Å². The van der Waals surface area contributed by atoms with Gasteiger partial charge in [0.2, 0.25) is 0 Å². The minimum Gasteiger partial charge on any atom is -0.491 e. The number of ether oxygens (including phenoxy) is 1. The molecule has 0 saturated heterocycles. The molecule has 2 heterocycles. The maximum atomic E-state index is 9.82. The highest BCUT2D eigenvalue weighted by atomic mass is 16.5. The molecule has 3 aromatic rings. The van der Waals surface area contributed by atoms with Gasteiger partial charge >= 0.3 is 0 Å². The molecule has 7 heteroatoms. The Kier molecular flexibility index (Phi) is 5.93. The summed E-state index contributed by atoms with van der Waals surface area (Å²) in [7, 11) is 3.67. The molecule has 3 N–H and O–H groups in total. The van der Waals surface area contributed by atoms with Gasteiger partial charge in [-0.3, -0.25) is 0 Å².